The van der Waals surface area contributed by atoms with Gasteiger partial charge in [0.05, 0.1) is 10.6 Å². The van der Waals surface area contributed by atoms with E-state index in [-0.39, 0.29) is 27.6 Å². The molecule has 0 aliphatic heterocycles. The number of H-pyrrole nitrogens is 1. The van der Waals surface area contributed by atoms with Crippen molar-refractivity contribution in [3.8, 4) is 11.4 Å². The van der Waals surface area contributed by atoms with Crippen LogP contribution in [0.1, 0.15) is 6.92 Å². The Kier molecular flexibility index (Phi) is 3.29. The molecule has 0 fully saturated rings. The number of benzene rings is 1. The summed E-state index contributed by atoms with van der Waals surface area (Å²) in [5, 5.41) is 8.28. The van der Waals surface area contributed by atoms with Crippen LogP contribution in [0.4, 0.5) is 4.39 Å². The lowest BCUT2D eigenvalue weighted by Crippen LogP contribution is -2.29. The van der Waals surface area contributed by atoms with Gasteiger partial charge in [-0.25, -0.2) is 13.6 Å². The maximum Gasteiger partial charge on any atom is 0.329 e. The predicted molar refractivity (Wildman–Crippen MR) is 90.4 cm³/mol. The number of hydrogen-bond acceptors (Lipinski definition) is 4. The molecule has 0 saturated heterocycles. The number of nitrogens with zero attached hydrogens (tertiary/aromatic N) is 5. The molecule has 8 nitrogen and oxygen atoms in total. The van der Waals surface area contributed by atoms with E-state index in [4.69, 9.17) is 11.6 Å². The van der Waals surface area contributed by atoms with Gasteiger partial charge in [-0.1, -0.05) is 17.7 Å². The Morgan fingerprint density at radius 1 is 1.28 bits per heavy atom. The van der Waals surface area contributed by atoms with Crippen molar-refractivity contribution in [3.63, 3.8) is 0 Å². The van der Waals surface area contributed by atoms with Crippen LogP contribution in [0, 0.1) is 5.82 Å². The highest BCUT2D eigenvalue weighted by Gasteiger charge is 2.24. The SMILES string of the molecule is CCn1c2c(=O)[nH]c(=O)n(C)c2n2c(-c3c(F)cccc3Cl)nnc12. The number of fused-ring (bicyclic) bond motifs is 3. The van der Waals surface area contributed by atoms with Gasteiger partial charge in [-0.3, -0.25) is 14.3 Å². The summed E-state index contributed by atoms with van der Waals surface area (Å²) in [6.45, 7) is 2.24. The molecule has 0 aliphatic rings. The molecule has 1 aromatic carbocycles. The van der Waals surface area contributed by atoms with E-state index < -0.39 is 17.1 Å². The maximum absolute atomic E-state index is 14.4. The lowest BCUT2D eigenvalue weighted by Gasteiger charge is -2.05. The number of aryl methyl sites for hydroxylation is 2. The minimum Gasteiger partial charge on any atom is -0.303 e. The molecule has 128 valence electrons. The summed E-state index contributed by atoms with van der Waals surface area (Å²) in [4.78, 5) is 26.6. The second-order valence-corrected chi connectivity index (χ2v) is 5.90. The Balaban J connectivity index is 2.30. The van der Waals surface area contributed by atoms with Crippen molar-refractivity contribution in [2.45, 2.75) is 13.5 Å². The quantitative estimate of drug-likeness (QED) is 0.586. The third kappa shape index (κ3) is 1.99. The molecule has 0 atom stereocenters. The largest absolute Gasteiger partial charge is 0.329 e. The fraction of sp³-hybridized carbons (Fsp3) is 0.200. The fourth-order valence-corrected chi connectivity index (χ4v) is 3.26. The van der Waals surface area contributed by atoms with Gasteiger partial charge >= 0.3 is 5.69 Å². The summed E-state index contributed by atoms with van der Waals surface area (Å²) in [6.07, 6.45) is 0. The second-order valence-electron chi connectivity index (χ2n) is 5.49. The van der Waals surface area contributed by atoms with E-state index in [1.54, 1.807) is 4.57 Å². The molecule has 10 heteroatoms. The molecule has 0 spiro atoms. The van der Waals surface area contributed by atoms with E-state index in [1.165, 1.54) is 34.2 Å². The van der Waals surface area contributed by atoms with Crippen molar-refractivity contribution >= 4 is 28.5 Å². The molecule has 3 heterocycles. The maximum atomic E-state index is 14.4. The molecule has 0 amide bonds. The molecule has 4 rings (SSSR count). The number of halogens is 2. The van der Waals surface area contributed by atoms with Gasteiger partial charge in [0.2, 0.25) is 5.78 Å². The average Bonchev–Trinajstić information content (AvgIpc) is 3.11. The zero-order valence-electron chi connectivity index (χ0n) is 13.2. The van der Waals surface area contributed by atoms with Crippen LogP contribution in [0.5, 0.6) is 0 Å². The van der Waals surface area contributed by atoms with Gasteiger partial charge in [-0.05, 0) is 19.1 Å². The number of imidazole rings is 1. The lowest BCUT2D eigenvalue weighted by atomic mass is 10.2. The Morgan fingerprint density at radius 2 is 2.04 bits per heavy atom. The van der Waals surface area contributed by atoms with Crippen molar-refractivity contribution in [3.05, 3.63) is 49.9 Å². The summed E-state index contributed by atoms with van der Waals surface area (Å²) in [7, 11) is 1.51. The monoisotopic (exact) mass is 362 g/mol. The molecule has 0 bridgehead atoms. The molecular formula is C15H12ClFN6O2. The Hall–Kier alpha value is -2.94. The zero-order chi connectivity index (χ0) is 17.9. The molecule has 0 aliphatic carbocycles. The van der Waals surface area contributed by atoms with Crippen LogP contribution >= 0.6 is 11.6 Å². The summed E-state index contributed by atoms with van der Waals surface area (Å²) in [6, 6.07) is 4.27. The fourth-order valence-electron chi connectivity index (χ4n) is 3.01. The molecule has 25 heavy (non-hydrogen) atoms. The van der Waals surface area contributed by atoms with E-state index in [1.807, 2.05) is 6.92 Å². The third-order valence-electron chi connectivity index (χ3n) is 4.14. The summed E-state index contributed by atoms with van der Waals surface area (Å²) in [5.74, 6) is -0.136. The highest BCUT2D eigenvalue weighted by Crippen LogP contribution is 2.31. The number of hydrogen-bond donors (Lipinski definition) is 1. The first kappa shape index (κ1) is 15.6. The van der Waals surface area contributed by atoms with Crippen molar-refractivity contribution in [1.82, 2.24) is 28.7 Å². The zero-order valence-corrected chi connectivity index (χ0v) is 14.0. The van der Waals surface area contributed by atoms with E-state index in [2.05, 4.69) is 15.2 Å². The van der Waals surface area contributed by atoms with Gasteiger partial charge in [0, 0.05) is 13.6 Å². The van der Waals surface area contributed by atoms with Crippen LogP contribution in [0.15, 0.2) is 27.8 Å². The Labute approximate surface area is 144 Å². The minimum absolute atomic E-state index is 0.0551. The number of rotatable bonds is 2. The predicted octanol–water partition coefficient (Wildman–Crippen LogP) is 1.55. The topological polar surface area (TPSA) is 90.0 Å². The van der Waals surface area contributed by atoms with Crippen LogP contribution in [-0.4, -0.2) is 28.7 Å². The lowest BCUT2D eigenvalue weighted by molar-refractivity contribution is 0.630. The van der Waals surface area contributed by atoms with E-state index in [0.29, 0.717) is 12.3 Å². The molecule has 3 aromatic heterocycles. The van der Waals surface area contributed by atoms with Gasteiger partial charge in [-0.2, -0.15) is 0 Å². The van der Waals surface area contributed by atoms with E-state index in [0.717, 1.165) is 0 Å². The molecule has 1 N–H and O–H groups in total. The summed E-state index contributed by atoms with van der Waals surface area (Å²) in [5.41, 5.74) is -0.560. The van der Waals surface area contributed by atoms with Gasteiger partial charge in [0.1, 0.15) is 5.82 Å². The Bertz CT molecular complexity index is 1240. The van der Waals surface area contributed by atoms with Crippen molar-refractivity contribution < 1.29 is 4.39 Å². The molecule has 0 unspecified atom stereocenters. The van der Waals surface area contributed by atoms with Crippen LogP contribution in [0.2, 0.25) is 5.02 Å². The highest BCUT2D eigenvalue weighted by atomic mass is 35.5. The third-order valence-corrected chi connectivity index (χ3v) is 4.46. The number of aromatic amines is 1. The van der Waals surface area contributed by atoms with Crippen molar-refractivity contribution in [2.24, 2.45) is 7.05 Å². The number of aromatic nitrogens is 6. The van der Waals surface area contributed by atoms with Crippen molar-refractivity contribution in [1.29, 1.82) is 0 Å². The molecule has 0 radical (unpaired) electrons. The van der Waals surface area contributed by atoms with E-state index in [9.17, 15) is 14.0 Å². The number of nitrogens with one attached hydrogen (secondary N) is 1. The first-order valence-corrected chi connectivity index (χ1v) is 7.84. The Morgan fingerprint density at radius 3 is 2.72 bits per heavy atom. The first-order valence-electron chi connectivity index (χ1n) is 7.46. The first-order chi connectivity index (χ1) is 12.0. The van der Waals surface area contributed by atoms with Crippen LogP contribution in [-0.2, 0) is 13.6 Å². The molecule has 0 saturated carbocycles. The smallest absolute Gasteiger partial charge is 0.303 e. The molecular weight excluding hydrogens is 351 g/mol. The average molecular weight is 363 g/mol. The van der Waals surface area contributed by atoms with Gasteiger partial charge in [0.25, 0.3) is 5.56 Å². The van der Waals surface area contributed by atoms with Crippen LogP contribution in [0.3, 0.4) is 0 Å². The highest BCUT2D eigenvalue weighted by molar-refractivity contribution is 6.33. The standard InChI is InChI=1S/C15H12ClFN6O2/c1-3-22-10-12(24)18-15(25)21(2)13(10)23-11(19-20-14(22)23)9-7(16)5-4-6-8(9)17/h4-6H,3H2,1-2H3,(H,18,24,25). The van der Waals surface area contributed by atoms with Crippen LogP contribution < -0.4 is 11.2 Å². The van der Waals surface area contributed by atoms with Crippen LogP contribution in [0.25, 0.3) is 28.3 Å². The minimum atomic E-state index is -0.591. The van der Waals surface area contributed by atoms with E-state index >= 15 is 0 Å². The normalized spacial score (nSPS) is 11.7. The van der Waals surface area contributed by atoms with Gasteiger partial charge < -0.3 is 4.57 Å². The summed E-state index contributed by atoms with van der Waals surface area (Å²) < 4.78 is 18.7. The van der Waals surface area contributed by atoms with Crippen molar-refractivity contribution in [2.75, 3.05) is 0 Å². The van der Waals surface area contributed by atoms with Gasteiger partial charge in [0.15, 0.2) is 17.0 Å². The van der Waals surface area contributed by atoms with Gasteiger partial charge in [-0.15, -0.1) is 10.2 Å². The summed E-state index contributed by atoms with van der Waals surface area (Å²) >= 11 is 6.15. The molecule has 4 aromatic rings. The second kappa shape index (κ2) is 5.28.